The van der Waals surface area contributed by atoms with Crippen LogP contribution in [0.15, 0.2) is 24.3 Å². The number of halogens is 1. The van der Waals surface area contributed by atoms with E-state index >= 15 is 0 Å². The zero-order valence-corrected chi connectivity index (χ0v) is 19.0. The predicted octanol–water partition coefficient (Wildman–Crippen LogP) is 1.09. The number of nitrogens with zero attached hydrogens (tertiary/aromatic N) is 4. The standard InChI is InChI=1S/C19H19ClN4O4S2/c1-21-14(25)12(15(26)22(2)18(21)29)11(9-6-5-7-10(20)8-9)13-16(27)23(3)19(30)24(4)17(13)28/h5-8,11-13H,1-4H3. The summed E-state index contributed by atoms with van der Waals surface area (Å²) in [4.78, 5) is 57.3. The van der Waals surface area contributed by atoms with Crippen molar-refractivity contribution in [3.8, 4) is 0 Å². The number of benzene rings is 1. The maximum atomic E-state index is 13.2. The highest BCUT2D eigenvalue weighted by Crippen LogP contribution is 2.40. The summed E-state index contributed by atoms with van der Waals surface area (Å²) in [5.74, 6) is -6.13. The van der Waals surface area contributed by atoms with Crippen molar-refractivity contribution in [3.63, 3.8) is 0 Å². The summed E-state index contributed by atoms with van der Waals surface area (Å²) in [6, 6.07) is 6.44. The summed E-state index contributed by atoms with van der Waals surface area (Å²) >= 11 is 16.5. The lowest BCUT2D eigenvalue weighted by molar-refractivity contribution is -0.152. The van der Waals surface area contributed by atoms with Gasteiger partial charge in [0.2, 0.25) is 23.6 Å². The van der Waals surface area contributed by atoms with Gasteiger partial charge in [-0.1, -0.05) is 23.7 Å². The smallest absolute Gasteiger partial charge is 0.241 e. The van der Waals surface area contributed by atoms with Crippen molar-refractivity contribution < 1.29 is 19.2 Å². The molecule has 2 fully saturated rings. The van der Waals surface area contributed by atoms with Gasteiger partial charge < -0.3 is 0 Å². The Bertz CT molecular complexity index is 897. The van der Waals surface area contributed by atoms with Gasteiger partial charge >= 0.3 is 0 Å². The number of carbonyl (C=O) groups excluding carboxylic acids is 4. The van der Waals surface area contributed by atoms with E-state index in [1.165, 1.54) is 47.8 Å². The fourth-order valence-electron chi connectivity index (χ4n) is 3.78. The molecule has 1 aromatic rings. The Morgan fingerprint density at radius 3 is 1.47 bits per heavy atom. The van der Waals surface area contributed by atoms with Gasteiger partial charge in [-0.25, -0.2) is 0 Å². The number of amides is 4. The molecule has 0 aromatic heterocycles. The zero-order valence-electron chi connectivity index (χ0n) is 16.7. The lowest BCUT2D eigenvalue weighted by atomic mass is 9.73. The van der Waals surface area contributed by atoms with Crippen LogP contribution in [-0.2, 0) is 19.2 Å². The molecule has 1 aromatic carbocycles. The molecule has 0 bridgehead atoms. The number of hydrogen-bond donors (Lipinski definition) is 0. The van der Waals surface area contributed by atoms with Crippen molar-refractivity contribution in [1.29, 1.82) is 0 Å². The van der Waals surface area contributed by atoms with E-state index < -0.39 is 41.4 Å². The van der Waals surface area contributed by atoms with Crippen molar-refractivity contribution in [2.45, 2.75) is 5.92 Å². The van der Waals surface area contributed by atoms with Crippen LogP contribution in [0.1, 0.15) is 11.5 Å². The SMILES string of the molecule is CN1C(=O)C(C(c2cccc(Cl)c2)C2C(=O)N(C)C(=S)N(C)C2=O)C(=O)N(C)C1=S. The lowest BCUT2D eigenvalue weighted by Gasteiger charge is -2.43. The summed E-state index contributed by atoms with van der Waals surface area (Å²) in [7, 11) is 5.81. The normalized spacial score (nSPS) is 19.7. The first kappa shape index (κ1) is 22.3. The molecule has 8 nitrogen and oxygen atoms in total. The molecule has 4 amide bonds. The average Bonchev–Trinajstić information content (AvgIpc) is 2.72. The van der Waals surface area contributed by atoms with Crippen molar-refractivity contribution in [1.82, 2.24) is 19.6 Å². The molecule has 30 heavy (non-hydrogen) atoms. The van der Waals surface area contributed by atoms with E-state index in [-0.39, 0.29) is 10.2 Å². The summed E-state index contributed by atoms with van der Waals surface area (Å²) in [5, 5.41) is 0.434. The average molecular weight is 467 g/mol. The highest BCUT2D eigenvalue weighted by Gasteiger charge is 2.54. The van der Waals surface area contributed by atoms with Gasteiger partial charge in [0.25, 0.3) is 0 Å². The van der Waals surface area contributed by atoms with Gasteiger partial charge in [0.15, 0.2) is 10.2 Å². The van der Waals surface area contributed by atoms with Gasteiger partial charge in [0, 0.05) is 39.1 Å². The molecule has 0 radical (unpaired) electrons. The van der Waals surface area contributed by atoms with Crippen LogP contribution in [0.2, 0.25) is 5.02 Å². The van der Waals surface area contributed by atoms with Crippen LogP contribution in [0.25, 0.3) is 0 Å². The minimum absolute atomic E-state index is 0.0443. The highest BCUT2D eigenvalue weighted by atomic mass is 35.5. The first-order valence-corrected chi connectivity index (χ1v) is 10.1. The molecule has 2 saturated heterocycles. The quantitative estimate of drug-likeness (QED) is 0.490. The summed E-state index contributed by atoms with van der Waals surface area (Å²) in [6.07, 6.45) is 0. The van der Waals surface area contributed by atoms with Crippen LogP contribution in [-0.4, -0.2) is 81.6 Å². The zero-order chi connectivity index (χ0) is 22.5. The highest BCUT2D eigenvalue weighted by molar-refractivity contribution is 7.80. The van der Waals surface area contributed by atoms with E-state index in [0.717, 1.165) is 0 Å². The minimum Gasteiger partial charge on any atom is -0.291 e. The third kappa shape index (κ3) is 3.38. The largest absolute Gasteiger partial charge is 0.291 e. The molecule has 2 heterocycles. The fourth-order valence-corrected chi connectivity index (χ4v) is 4.34. The van der Waals surface area contributed by atoms with E-state index in [4.69, 9.17) is 36.0 Å². The Kier molecular flexibility index (Phi) is 5.94. The molecular weight excluding hydrogens is 448 g/mol. The molecule has 2 aliphatic rings. The molecule has 158 valence electrons. The fraction of sp³-hybridized carbons (Fsp3) is 0.368. The molecule has 3 rings (SSSR count). The summed E-state index contributed by atoms with van der Waals surface area (Å²) in [6.45, 7) is 0. The Labute approximate surface area is 189 Å². The molecule has 0 saturated carbocycles. The van der Waals surface area contributed by atoms with E-state index in [0.29, 0.717) is 10.6 Å². The topological polar surface area (TPSA) is 81.2 Å². The second kappa shape index (κ2) is 8.01. The second-order valence-electron chi connectivity index (χ2n) is 7.19. The molecule has 0 spiro atoms. The van der Waals surface area contributed by atoms with Crippen LogP contribution in [0.4, 0.5) is 0 Å². The maximum absolute atomic E-state index is 13.2. The summed E-state index contributed by atoms with van der Waals surface area (Å²) < 4.78 is 0. The first-order chi connectivity index (χ1) is 14.0. The number of rotatable bonds is 3. The van der Waals surface area contributed by atoms with Gasteiger partial charge in [-0.2, -0.15) is 0 Å². The Balaban J connectivity index is 2.22. The third-order valence-electron chi connectivity index (χ3n) is 5.49. The van der Waals surface area contributed by atoms with Gasteiger partial charge in [-0.15, -0.1) is 0 Å². The molecule has 0 N–H and O–H groups in total. The van der Waals surface area contributed by atoms with E-state index in [1.807, 2.05) is 0 Å². The Hall–Kier alpha value is -2.43. The molecule has 0 atom stereocenters. The van der Waals surface area contributed by atoms with Gasteiger partial charge in [0.05, 0.1) is 0 Å². The van der Waals surface area contributed by atoms with Crippen molar-refractivity contribution in [2.24, 2.45) is 11.8 Å². The predicted molar refractivity (Wildman–Crippen MR) is 117 cm³/mol. The lowest BCUT2D eigenvalue weighted by Crippen LogP contribution is -2.63. The minimum atomic E-state index is -1.34. The van der Waals surface area contributed by atoms with E-state index in [9.17, 15) is 19.2 Å². The first-order valence-electron chi connectivity index (χ1n) is 8.92. The van der Waals surface area contributed by atoms with Crippen LogP contribution < -0.4 is 0 Å². The maximum Gasteiger partial charge on any atom is 0.241 e. The van der Waals surface area contributed by atoms with Gasteiger partial charge in [-0.3, -0.25) is 38.8 Å². The van der Waals surface area contributed by atoms with Gasteiger partial charge in [0.1, 0.15) is 11.8 Å². The molecule has 2 aliphatic heterocycles. The van der Waals surface area contributed by atoms with Gasteiger partial charge in [-0.05, 0) is 42.1 Å². The van der Waals surface area contributed by atoms with E-state index in [1.54, 1.807) is 24.3 Å². The third-order valence-corrected chi connectivity index (χ3v) is 6.82. The van der Waals surface area contributed by atoms with Crippen molar-refractivity contribution >= 4 is 69.9 Å². The van der Waals surface area contributed by atoms with Crippen LogP contribution >= 0.6 is 36.0 Å². The van der Waals surface area contributed by atoms with Crippen LogP contribution in [0.3, 0.4) is 0 Å². The van der Waals surface area contributed by atoms with E-state index in [2.05, 4.69) is 0 Å². The number of hydrogen-bond acceptors (Lipinski definition) is 6. The number of carbonyl (C=O) groups is 4. The van der Waals surface area contributed by atoms with Crippen molar-refractivity contribution in [3.05, 3.63) is 34.9 Å². The Morgan fingerprint density at radius 1 is 0.767 bits per heavy atom. The molecule has 11 heteroatoms. The van der Waals surface area contributed by atoms with Crippen molar-refractivity contribution in [2.75, 3.05) is 28.2 Å². The second-order valence-corrected chi connectivity index (χ2v) is 8.36. The Morgan fingerprint density at radius 2 is 1.13 bits per heavy atom. The van der Waals surface area contributed by atoms with Crippen LogP contribution in [0, 0.1) is 11.8 Å². The molecule has 0 aliphatic carbocycles. The number of thiocarbonyl (C=S) groups is 2. The van der Waals surface area contributed by atoms with Crippen LogP contribution in [0.5, 0.6) is 0 Å². The molecule has 0 unspecified atom stereocenters. The summed E-state index contributed by atoms with van der Waals surface area (Å²) in [5.41, 5.74) is 0.421. The molecular formula is C19H19ClN4O4S2. The monoisotopic (exact) mass is 466 g/mol.